The summed E-state index contributed by atoms with van der Waals surface area (Å²) in [5.41, 5.74) is 0.646. The number of Topliss-reactive ketones (excluding diaryl/α,β-unsaturated/α-hetero) is 1. The Morgan fingerprint density at radius 3 is 2.89 bits per heavy atom. The van der Waals surface area contributed by atoms with Gasteiger partial charge in [-0.25, -0.2) is 0 Å². The van der Waals surface area contributed by atoms with Crippen molar-refractivity contribution in [1.82, 2.24) is 10.5 Å². The molecule has 1 atom stereocenters. The van der Waals surface area contributed by atoms with E-state index in [4.69, 9.17) is 4.52 Å². The second-order valence-corrected chi connectivity index (χ2v) is 5.26. The summed E-state index contributed by atoms with van der Waals surface area (Å²) in [6.07, 6.45) is 0.263. The Kier molecular flexibility index (Phi) is 4.11. The number of carbonyl (C=O) groups is 2. The predicted molar refractivity (Wildman–Crippen MR) is 71.4 cm³/mol. The van der Waals surface area contributed by atoms with Gasteiger partial charge in [-0.05, 0) is 25.3 Å². The van der Waals surface area contributed by atoms with Gasteiger partial charge < -0.3 is 9.84 Å². The lowest BCUT2D eigenvalue weighted by Gasteiger charge is -2.10. The third kappa shape index (κ3) is 3.51. The molecule has 2 aromatic heterocycles. The number of carbonyl (C=O) groups excluding carboxylic acids is 2. The summed E-state index contributed by atoms with van der Waals surface area (Å²) >= 11 is 1.40. The highest BCUT2D eigenvalue weighted by Gasteiger charge is 2.17. The molecule has 0 aliphatic heterocycles. The van der Waals surface area contributed by atoms with Crippen molar-refractivity contribution >= 4 is 23.0 Å². The van der Waals surface area contributed by atoms with E-state index in [0.717, 1.165) is 0 Å². The molecule has 5 nitrogen and oxygen atoms in total. The molecule has 0 saturated heterocycles. The minimum atomic E-state index is -0.355. The van der Waals surface area contributed by atoms with Crippen LogP contribution in [-0.4, -0.2) is 22.9 Å². The first-order chi connectivity index (χ1) is 9.06. The summed E-state index contributed by atoms with van der Waals surface area (Å²) in [5.74, 6) is -0.170. The molecule has 0 saturated carbocycles. The Labute approximate surface area is 114 Å². The van der Waals surface area contributed by atoms with Crippen LogP contribution in [0.4, 0.5) is 0 Å². The Balaban J connectivity index is 1.89. The number of amides is 1. The van der Waals surface area contributed by atoms with Crippen LogP contribution in [0.2, 0.25) is 0 Å². The number of rotatable bonds is 5. The SMILES string of the molecule is Cc1cc(C(=O)NC(C)CC(=O)c2cccs2)on1. The quantitative estimate of drug-likeness (QED) is 0.853. The van der Waals surface area contributed by atoms with Crippen LogP contribution in [0, 0.1) is 6.92 Å². The Bertz CT molecular complexity index is 574. The maximum atomic E-state index is 11.9. The molecule has 6 heteroatoms. The van der Waals surface area contributed by atoms with Gasteiger partial charge in [-0.1, -0.05) is 11.2 Å². The van der Waals surface area contributed by atoms with Crippen LogP contribution < -0.4 is 5.32 Å². The van der Waals surface area contributed by atoms with Crippen LogP contribution in [0.25, 0.3) is 0 Å². The zero-order chi connectivity index (χ0) is 13.8. The number of hydrogen-bond acceptors (Lipinski definition) is 5. The summed E-state index contributed by atoms with van der Waals surface area (Å²) in [6.45, 7) is 3.52. The number of nitrogens with one attached hydrogen (secondary N) is 1. The minimum Gasteiger partial charge on any atom is -0.351 e. The molecule has 0 aliphatic carbocycles. The lowest BCUT2D eigenvalue weighted by atomic mass is 10.1. The average Bonchev–Trinajstić information content (AvgIpc) is 2.98. The molecule has 0 bridgehead atoms. The van der Waals surface area contributed by atoms with E-state index < -0.39 is 0 Å². The Morgan fingerprint density at radius 2 is 2.32 bits per heavy atom. The minimum absolute atomic E-state index is 0.0246. The van der Waals surface area contributed by atoms with Crippen molar-refractivity contribution < 1.29 is 14.1 Å². The predicted octanol–water partition coefficient (Wildman–Crippen LogP) is 2.44. The number of aromatic nitrogens is 1. The molecule has 2 rings (SSSR count). The van der Waals surface area contributed by atoms with Gasteiger partial charge in [0, 0.05) is 18.5 Å². The second-order valence-electron chi connectivity index (χ2n) is 4.31. The molecule has 1 amide bonds. The van der Waals surface area contributed by atoms with Crippen molar-refractivity contribution in [2.75, 3.05) is 0 Å². The van der Waals surface area contributed by atoms with E-state index >= 15 is 0 Å². The van der Waals surface area contributed by atoms with Crippen LogP contribution in [-0.2, 0) is 0 Å². The van der Waals surface area contributed by atoms with Crippen molar-refractivity contribution in [2.24, 2.45) is 0 Å². The topological polar surface area (TPSA) is 72.2 Å². The molecule has 1 unspecified atom stereocenters. The summed E-state index contributed by atoms with van der Waals surface area (Å²) < 4.78 is 4.86. The highest BCUT2D eigenvalue weighted by molar-refractivity contribution is 7.12. The van der Waals surface area contributed by atoms with E-state index in [1.165, 1.54) is 11.3 Å². The van der Waals surface area contributed by atoms with Gasteiger partial charge in [0.05, 0.1) is 10.6 Å². The Hall–Kier alpha value is -1.95. The van der Waals surface area contributed by atoms with Crippen molar-refractivity contribution in [1.29, 1.82) is 0 Å². The van der Waals surface area contributed by atoms with Gasteiger partial charge in [-0.15, -0.1) is 11.3 Å². The van der Waals surface area contributed by atoms with Gasteiger partial charge in [0.1, 0.15) is 0 Å². The van der Waals surface area contributed by atoms with E-state index in [0.29, 0.717) is 10.6 Å². The summed E-state index contributed by atoms with van der Waals surface area (Å²) in [7, 11) is 0. The third-order valence-electron chi connectivity index (χ3n) is 2.52. The molecule has 19 heavy (non-hydrogen) atoms. The molecular weight excluding hydrogens is 264 g/mol. The van der Waals surface area contributed by atoms with Crippen molar-refractivity contribution in [3.63, 3.8) is 0 Å². The fraction of sp³-hybridized carbons (Fsp3) is 0.308. The van der Waals surface area contributed by atoms with Crippen LogP contribution >= 0.6 is 11.3 Å². The van der Waals surface area contributed by atoms with Gasteiger partial charge in [0.15, 0.2) is 5.78 Å². The molecule has 0 radical (unpaired) electrons. The van der Waals surface area contributed by atoms with E-state index in [2.05, 4.69) is 10.5 Å². The molecule has 0 fully saturated rings. The average molecular weight is 278 g/mol. The molecule has 2 aromatic rings. The molecule has 2 heterocycles. The van der Waals surface area contributed by atoms with E-state index in [1.807, 2.05) is 11.4 Å². The summed E-state index contributed by atoms with van der Waals surface area (Å²) in [5, 5.41) is 8.21. The maximum absolute atomic E-state index is 11.9. The Morgan fingerprint density at radius 1 is 1.53 bits per heavy atom. The molecule has 1 N–H and O–H groups in total. The van der Waals surface area contributed by atoms with E-state index in [-0.39, 0.29) is 29.9 Å². The van der Waals surface area contributed by atoms with Crippen molar-refractivity contribution in [2.45, 2.75) is 26.3 Å². The highest BCUT2D eigenvalue weighted by Crippen LogP contribution is 2.12. The maximum Gasteiger partial charge on any atom is 0.290 e. The molecule has 0 aromatic carbocycles. The van der Waals surface area contributed by atoms with Gasteiger partial charge in [0.25, 0.3) is 5.91 Å². The lowest BCUT2D eigenvalue weighted by molar-refractivity contribution is 0.0889. The van der Waals surface area contributed by atoms with Gasteiger partial charge in [-0.2, -0.15) is 0 Å². The third-order valence-corrected chi connectivity index (χ3v) is 3.43. The zero-order valence-electron chi connectivity index (χ0n) is 10.7. The molecule has 0 spiro atoms. The van der Waals surface area contributed by atoms with Crippen LogP contribution in [0.3, 0.4) is 0 Å². The van der Waals surface area contributed by atoms with Crippen LogP contribution in [0.1, 0.15) is 39.3 Å². The number of aryl methyl sites for hydroxylation is 1. The first kappa shape index (κ1) is 13.5. The fourth-order valence-electron chi connectivity index (χ4n) is 1.63. The molecule has 0 aliphatic rings. The second kappa shape index (κ2) is 5.79. The van der Waals surface area contributed by atoms with Gasteiger partial charge in [-0.3, -0.25) is 9.59 Å². The smallest absolute Gasteiger partial charge is 0.290 e. The summed E-state index contributed by atoms with van der Waals surface area (Å²) in [4.78, 5) is 24.3. The van der Waals surface area contributed by atoms with E-state index in [1.54, 1.807) is 26.0 Å². The van der Waals surface area contributed by atoms with Gasteiger partial charge in [0.2, 0.25) is 5.76 Å². The number of nitrogens with zero attached hydrogens (tertiary/aromatic N) is 1. The molecular formula is C13H14N2O3S. The number of ketones is 1. The molecule has 100 valence electrons. The van der Waals surface area contributed by atoms with Crippen molar-refractivity contribution in [3.8, 4) is 0 Å². The first-order valence-electron chi connectivity index (χ1n) is 5.87. The normalized spacial score (nSPS) is 12.1. The van der Waals surface area contributed by atoms with E-state index in [9.17, 15) is 9.59 Å². The van der Waals surface area contributed by atoms with Crippen LogP contribution in [0.15, 0.2) is 28.1 Å². The number of hydrogen-bond donors (Lipinski definition) is 1. The van der Waals surface area contributed by atoms with Crippen LogP contribution in [0.5, 0.6) is 0 Å². The summed E-state index contributed by atoms with van der Waals surface area (Å²) in [6, 6.07) is 4.91. The fourth-order valence-corrected chi connectivity index (χ4v) is 2.31. The number of thiophene rings is 1. The zero-order valence-corrected chi connectivity index (χ0v) is 11.5. The van der Waals surface area contributed by atoms with Gasteiger partial charge >= 0.3 is 0 Å². The largest absolute Gasteiger partial charge is 0.351 e. The first-order valence-corrected chi connectivity index (χ1v) is 6.75. The monoisotopic (exact) mass is 278 g/mol. The standard InChI is InChI=1S/C13H14N2O3S/c1-8(6-10(16)12-4-3-5-19-12)14-13(17)11-7-9(2)15-18-11/h3-5,7-8H,6H2,1-2H3,(H,14,17). The highest BCUT2D eigenvalue weighted by atomic mass is 32.1. The lowest BCUT2D eigenvalue weighted by Crippen LogP contribution is -2.33. The van der Waals surface area contributed by atoms with Crippen molar-refractivity contribution in [3.05, 3.63) is 39.9 Å².